The molecular formula is C19H20ClN3OS. The largest absolute Gasteiger partial charge is 0.493 e. The van der Waals surface area contributed by atoms with Crippen LogP contribution in [0.1, 0.15) is 12.5 Å². The van der Waals surface area contributed by atoms with Crippen molar-refractivity contribution in [1.82, 2.24) is 14.8 Å². The highest BCUT2D eigenvalue weighted by atomic mass is 35.5. The van der Waals surface area contributed by atoms with Crippen molar-refractivity contribution >= 4 is 23.4 Å². The monoisotopic (exact) mass is 373 g/mol. The van der Waals surface area contributed by atoms with Crippen LogP contribution in [0.3, 0.4) is 0 Å². The Morgan fingerprint density at radius 2 is 1.96 bits per heavy atom. The third-order valence-corrected chi connectivity index (χ3v) is 5.15. The van der Waals surface area contributed by atoms with Crippen LogP contribution >= 0.6 is 23.4 Å². The molecule has 1 heterocycles. The minimum atomic E-state index is 0.617. The minimum absolute atomic E-state index is 0.617. The highest BCUT2D eigenvalue weighted by Crippen LogP contribution is 2.28. The molecular weight excluding hydrogens is 354 g/mol. The molecule has 0 radical (unpaired) electrons. The summed E-state index contributed by atoms with van der Waals surface area (Å²) < 4.78 is 7.78. The number of benzene rings is 2. The number of aryl methyl sites for hydroxylation is 1. The Morgan fingerprint density at radius 3 is 2.76 bits per heavy atom. The highest BCUT2D eigenvalue weighted by molar-refractivity contribution is 7.99. The lowest BCUT2D eigenvalue weighted by Gasteiger charge is -2.08. The van der Waals surface area contributed by atoms with Crippen molar-refractivity contribution in [1.29, 1.82) is 0 Å². The molecule has 0 amide bonds. The first-order valence-corrected chi connectivity index (χ1v) is 9.54. The summed E-state index contributed by atoms with van der Waals surface area (Å²) in [6, 6.07) is 15.9. The molecule has 0 fully saturated rings. The maximum atomic E-state index is 6.25. The van der Waals surface area contributed by atoms with Crippen molar-refractivity contribution in [2.75, 3.05) is 12.4 Å². The smallest absolute Gasteiger partial charge is 0.191 e. The van der Waals surface area contributed by atoms with E-state index in [-0.39, 0.29) is 0 Å². The van der Waals surface area contributed by atoms with E-state index < -0.39 is 0 Å². The van der Waals surface area contributed by atoms with E-state index in [2.05, 4.69) is 29.3 Å². The van der Waals surface area contributed by atoms with Crippen LogP contribution in [-0.4, -0.2) is 27.1 Å². The zero-order valence-corrected chi connectivity index (χ0v) is 15.8. The summed E-state index contributed by atoms with van der Waals surface area (Å²) in [4.78, 5) is 0. The fourth-order valence-corrected chi connectivity index (χ4v) is 3.41. The van der Waals surface area contributed by atoms with Gasteiger partial charge in [0, 0.05) is 18.4 Å². The molecule has 1 aromatic heterocycles. The zero-order valence-electron chi connectivity index (χ0n) is 14.3. The van der Waals surface area contributed by atoms with Crippen LogP contribution in [0.15, 0.2) is 53.7 Å². The first-order valence-electron chi connectivity index (χ1n) is 8.18. The van der Waals surface area contributed by atoms with E-state index in [9.17, 15) is 0 Å². The molecule has 4 nitrogen and oxygen atoms in total. The summed E-state index contributed by atoms with van der Waals surface area (Å²) in [5.41, 5.74) is 2.17. The van der Waals surface area contributed by atoms with Crippen LogP contribution in [0.25, 0.3) is 11.4 Å². The van der Waals surface area contributed by atoms with Crippen LogP contribution in [0.4, 0.5) is 0 Å². The molecule has 0 aliphatic heterocycles. The zero-order chi connectivity index (χ0) is 17.6. The Balaban J connectivity index is 1.58. The lowest BCUT2D eigenvalue weighted by Crippen LogP contribution is -2.02. The molecule has 0 aliphatic rings. The third kappa shape index (κ3) is 4.35. The molecule has 25 heavy (non-hydrogen) atoms. The Labute approximate surface area is 157 Å². The maximum absolute atomic E-state index is 6.25. The van der Waals surface area contributed by atoms with Gasteiger partial charge in [-0.1, -0.05) is 54.6 Å². The van der Waals surface area contributed by atoms with Gasteiger partial charge in [0.2, 0.25) is 0 Å². The van der Waals surface area contributed by atoms with Gasteiger partial charge in [-0.25, -0.2) is 0 Å². The minimum Gasteiger partial charge on any atom is -0.493 e. The number of rotatable bonds is 7. The molecule has 3 aromatic rings. The number of thioether (sulfide) groups is 1. The molecule has 0 saturated heterocycles. The number of hydrogen-bond donors (Lipinski definition) is 0. The lowest BCUT2D eigenvalue weighted by atomic mass is 10.2. The van der Waals surface area contributed by atoms with Gasteiger partial charge in [0.1, 0.15) is 5.75 Å². The van der Waals surface area contributed by atoms with Crippen molar-refractivity contribution in [3.05, 3.63) is 59.1 Å². The van der Waals surface area contributed by atoms with Crippen LogP contribution in [-0.2, 0) is 13.5 Å². The number of ether oxygens (including phenoxy) is 1. The van der Waals surface area contributed by atoms with Crippen LogP contribution in [0.5, 0.6) is 5.75 Å². The summed E-state index contributed by atoms with van der Waals surface area (Å²) in [7, 11) is 1.95. The number of hydrogen-bond acceptors (Lipinski definition) is 4. The Kier molecular flexibility index (Phi) is 6.00. The van der Waals surface area contributed by atoms with Crippen LogP contribution in [0.2, 0.25) is 5.02 Å². The number of aromatic nitrogens is 3. The fourth-order valence-electron chi connectivity index (χ4n) is 2.47. The van der Waals surface area contributed by atoms with Gasteiger partial charge in [-0.3, -0.25) is 0 Å². The van der Waals surface area contributed by atoms with Crippen LogP contribution < -0.4 is 4.74 Å². The van der Waals surface area contributed by atoms with Crippen molar-refractivity contribution < 1.29 is 4.74 Å². The average molecular weight is 374 g/mol. The van der Waals surface area contributed by atoms with E-state index >= 15 is 0 Å². The topological polar surface area (TPSA) is 39.9 Å². The molecule has 0 aliphatic carbocycles. The summed E-state index contributed by atoms with van der Waals surface area (Å²) >= 11 is 7.87. The summed E-state index contributed by atoms with van der Waals surface area (Å²) in [6.07, 6.45) is 1.01. The molecule has 0 bridgehead atoms. The first-order chi connectivity index (χ1) is 12.2. The lowest BCUT2D eigenvalue weighted by molar-refractivity contribution is 0.343. The molecule has 3 rings (SSSR count). The molecule has 130 valence electrons. The Hall–Kier alpha value is -1.98. The van der Waals surface area contributed by atoms with Crippen molar-refractivity contribution in [2.24, 2.45) is 7.05 Å². The van der Waals surface area contributed by atoms with Gasteiger partial charge < -0.3 is 9.30 Å². The second-order valence-corrected chi connectivity index (χ2v) is 7.01. The van der Waals surface area contributed by atoms with E-state index in [1.54, 1.807) is 11.8 Å². The van der Waals surface area contributed by atoms with Gasteiger partial charge >= 0.3 is 0 Å². The molecule has 6 heteroatoms. The molecule has 0 spiro atoms. The van der Waals surface area contributed by atoms with E-state index in [0.717, 1.165) is 34.5 Å². The number of halogens is 1. The van der Waals surface area contributed by atoms with E-state index in [1.165, 1.54) is 5.56 Å². The highest BCUT2D eigenvalue weighted by Gasteiger charge is 2.13. The van der Waals surface area contributed by atoms with Crippen molar-refractivity contribution in [2.45, 2.75) is 18.5 Å². The van der Waals surface area contributed by atoms with E-state index in [1.807, 2.05) is 48.0 Å². The van der Waals surface area contributed by atoms with E-state index in [0.29, 0.717) is 11.6 Å². The predicted octanol–water partition coefficient (Wildman–Crippen LogP) is 4.87. The maximum Gasteiger partial charge on any atom is 0.191 e. The Bertz CT molecular complexity index is 850. The van der Waals surface area contributed by atoms with E-state index in [4.69, 9.17) is 16.3 Å². The van der Waals surface area contributed by atoms with Crippen molar-refractivity contribution in [3.63, 3.8) is 0 Å². The fraction of sp³-hybridized carbons (Fsp3) is 0.263. The van der Waals surface area contributed by atoms with Gasteiger partial charge in [-0.15, -0.1) is 10.2 Å². The summed E-state index contributed by atoms with van der Waals surface area (Å²) in [5, 5.41) is 10.1. The molecule has 0 N–H and O–H groups in total. The van der Waals surface area contributed by atoms with Gasteiger partial charge in [0.25, 0.3) is 0 Å². The standard InChI is InChI=1S/C19H20ClN3OS/c1-3-14-7-6-8-15(13-14)24-11-12-25-19-22-21-18(23(19)2)16-9-4-5-10-17(16)20/h4-10,13H,3,11-12H2,1-2H3. The van der Waals surface area contributed by atoms with Gasteiger partial charge in [-0.05, 0) is 36.2 Å². The number of nitrogens with zero attached hydrogens (tertiary/aromatic N) is 3. The SMILES string of the molecule is CCc1cccc(OCCSc2nnc(-c3ccccc3Cl)n2C)c1. The van der Waals surface area contributed by atoms with Gasteiger partial charge in [-0.2, -0.15) is 0 Å². The second-order valence-electron chi connectivity index (χ2n) is 5.54. The van der Waals surface area contributed by atoms with Gasteiger partial charge in [0.05, 0.1) is 11.6 Å². The average Bonchev–Trinajstić information content (AvgIpc) is 3.00. The summed E-state index contributed by atoms with van der Waals surface area (Å²) in [6.45, 7) is 2.76. The second kappa shape index (κ2) is 8.41. The Morgan fingerprint density at radius 1 is 1.12 bits per heavy atom. The third-order valence-electron chi connectivity index (χ3n) is 3.84. The molecule has 0 atom stereocenters. The van der Waals surface area contributed by atoms with Crippen molar-refractivity contribution in [3.8, 4) is 17.1 Å². The normalized spacial score (nSPS) is 10.8. The molecule has 0 saturated carbocycles. The molecule has 2 aromatic carbocycles. The van der Waals surface area contributed by atoms with Gasteiger partial charge in [0.15, 0.2) is 11.0 Å². The summed E-state index contributed by atoms with van der Waals surface area (Å²) in [5.74, 6) is 2.48. The molecule has 0 unspecified atom stereocenters. The first kappa shape index (κ1) is 17.8. The predicted molar refractivity (Wildman–Crippen MR) is 103 cm³/mol. The van der Waals surface area contributed by atoms with Crippen LogP contribution in [0, 0.1) is 0 Å². The quantitative estimate of drug-likeness (QED) is 0.437.